The number of benzene rings is 1. The molecule has 3 aromatic rings. The van der Waals surface area contributed by atoms with Crippen LogP contribution in [0.3, 0.4) is 0 Å². The molecule has 0 unspecified atom stereocenters. The second-order valence-electron chi connectivity index (χ2n) is 11.4. The van der Waals surface area contributed by atoms with Gasteiger partial charge in [0.25, 0.3) is 0 Å². The average Bonchev–Trinajstić information content (AvgIpc) is 3.72. The van der Waals surface area contributed by atoms with Crippen LogP contribution in [0.4, 0.5) is 14.6 Å². The fourth-order valence-corrected chi connectivity index (χ4v) is 6.38. The lowest BCUT2D eigenvalue weighted by Gasteiger charge is -2.57. The number of aromatic nitrogens is 4. The van der Waals surface area contributed by atoms with Crippen LogP contribution in [-0.2, 0) is 0 Å². The molecular formula is C28H32F2N6O2. The molecule has 0 radical (unpaired) electrons. The molecule has 1 saturated carbocycles. The van der Waals surface area contributed by atoms with Crippen molar-refractivity contribution in [1.29, 1.82) is 0 Å². The number of fused-ring (bicyclic) bond motifs is 2. The first kappa shape index (κ1) is 24.9. The molecule has 10 heteroatoms. The standard InChI is InChI=1S/C28H32F2N6O2/c1-27-9-4-10-28(2,35-27)25(30)20(14-27)36(18-6-7-18)23-15-31-26(34-33-23)19-8-5-16(11-21(19)37)17-12-22(29)32-24(13-17)38-3/h5,8,11-13,15,18,20,25,35,37H,4,6-7,9-10,14H2,1-3H3/t20-,25-,27-,28+/m1/s1. The molecule has 2 saturated heterocycles. The molecule has 1 aliphatic carbocycles. The number of methoxy groups -OCH3 is 1. The molecule has 2 bridgehead atoms. The molecule has 6 rings (SSSR count). The number of phenolic OH excluding ortho intramolecular Hbond substituents is 1. The van der Waals surface area contributed by atoms with Crippen molar-refractivity contribution in [3.05, 3.63) is 42.5 Å². The van der Waals surface area contributed by atoms with E-state index in [9.17, 15) is 9.50 Å². The van der Waals surface area contributed by atoms with Crippen LogP contribution in [0.2, 0.25) is 0 Å². The summed E-state index contributed by atoms with van der Waals surface area (Å²) in [5, 5.41) is 23.1. The van der Waals surface area contributed by atoms with E-state index >= 15 is 4.39 Å². The number of rotatable bonds is 6. The van der Waals surface area contributed by atoms with Gasteiger partial charge in [-0.25, -0.2) is 9.37 Å². The topological polar surface area (TPSA) is 96.3 Å². The van der Waals surface area contributed by atoms with Crippen LogP contribution >= 0.6 is 0 Å². The van der Waals surface area contributed by atoms with Gasteiger partial charge >= 0.3 is 0 Å². The van der Waals surface area contributed by atoms with Gasteiger partial charge in [-0.3, -0.25) is 0 Å². The maximum absolute atomic E-state index is 16.0. The molecule has 3 fully saturated rings. The minimum absolute atomic E-state index is 0.0665. The SMILES string of the molecule is COc1cc(-c2ccc(-c3ncc(N(C4CC4)[C@@H]4C[C@@]5(C)CCC[C@](C)(N5)[C@@H]4F)nn3)c(O)c2)cc(F)n1. The van der Waals surface area contributed by atoms with E-state index in [1.54, 1.807) is 24.4 Å². The largest absolute Gasteiger partial charge is 0.507 e. The Morgan fingerprint density at radius 3 is 2.61 bits per heavy atom. The van der Waals surface area contributed by atoms with Crippen LogP contribution in [0.1, 0.15) is 52.4 Å². The van der Waals surface area contributed by atoms with Gasteiger partial charge in [0.15, 0.2) is 11.6 Å². The summed E-state index contributed by atoms with van der Waals surface area (Å²) in [6.07, 6.45) is 6.16. The van der Waals surface area contributed by atoms with Gasteiger partial charge in [0.1, 0.15) is 11.9 Å². The quantitative estimate of drug-likeness (QED) is 0.445. The number of nitrogens with zero attached hydrogens (tertiary/aromatic N) is 5. The second kappa shape index (κ2) is 9.11. The number of aromatic hydroxyl groups is 1. The highest BCUT2D eigenvalue weighted by atomic mass is 19.1. The van der Waals surface area contributed by atoms with Crippen LogP contribution in [0.5, 0.6) is 11.6 Å². The smallest absolute Gasteiger partial charge is 0.216 e. The van der Waals surface area contributed by atoms with Gasteiger partial charge in [-0.15, -0.1) is 10.2 Å². The van der Waals surface area contributed by atoms with Crippen LogP contribution in [0.15, 0.2) is 36.5 Å². The summed E-state index contributed by atoms with van der Waals surface area (Å²) in [4.78, 5) is 10.3. The predicted octanol–water partition coefficient (Wildman–Crippen LogP) is 4.82. The summed E-state index contributed by atoms with van der Waals surface area (Å²) in [5.74, 6) is 0.213. The third kappa shape index (κ3) is 4.44. The van der Waals surface area contributed by atoms with Crippen molar-refractivity contribution in [1.82, 2.24) is 25.5 Å². The first-order chi connectivity index (χ1) is 18.2. The maximum Gasteiger partial charge on any atom is 0.216 e. The van der Waals surface area contributed by atoms with Gasteiger partial charge in [0.05, 0.1) is 24.9 Å². The summed E-state index contributed by atoms with van der Waals surface area (Å²) < 4.78 is 34.9. The second-order valence-corrected chi connectivity index (χ2v) is 11.4. The Morgan fingerprint density at radius 2 is 1.92 bits per heavy atom. The van der Waals surface area contributed by atoms with E-state index in [2.05, 4.69) is 37.3 Å². The molecule has 200 valence electrons. The molecule has 0 spiro atoms. The molecule has 4 atom stereocenters. The van der Waals surface area contributed by atoms with Gasteiger partial charge < -0.3 is 20.1 Å². The molecule has 2 N–H and O–H groups in total. The summed E-state index contributed by atoms with van der Waals surface area (Å²) in [7, 11) is 1.41. The van der Waals surface area contributed by atoms with E-state index in [1.807, 2.05) is 6.92 Å². The Hall–Kier alpha value is -3.40. The maximum atomic E-state index is 16.0. The number of nitrogens with one attached hydrogen (secondary N) is 1. The zero-order valence-electron chi connectivity index (χ0n) is 21.8. The van der Waals surface area contributed by atoms with Crippen LogP contribution in [-0.4, -0.2) is 61.7 Å². The van der Waals surface area contributed by atoms with E-state index in [0.29, 0.717) is 28.9 Å². The van der Waals surface area contributed by atoms with E-state index in [0.717, 1.165) is 32.1 Å². The fourth-order valence-electron chi connectivity index (χ4n) is 6.38. The van der Waals surface area contributed by atoms with E-state index in [-0.39, 0.29) is 35.1 Å². The zero-order chi connectivity index (χ0) is 26.7. The third-order valence-electron chi connectivity index (χ3n) is 8.28. The summed E-state index contributed by atoms with van der Waals surface area (Å²) >= 11 is 0. The fraction of sp³-hybridized carbons (Fsp3) is 0.500. The van der Waals surface area contributed by atoms with E-state index < -0.39 is 17.7 Å². The third-order valence-corrected chi connectivity index (χ3v) is 8.28. The number of ether oxygens (including phenoxy) is 1. The monoisotopic (exact) mass is 522 g/mol. The van der Waals surface area contributed by atoms with Gasteiger partial charge in [0.2, 0.25) is 11.8 Å². The van der Waals surface area contributed by atoms with Crippen molar-refractivity contribution in [3.63, 3.8) is 0 Å². The molecule has 0 amide bonds. The first-order valence-electron chi connectivity index (χ1n) is 13.1. The molecule has 4 heterocycles. The van der Waals surface area contributed by atoms with Crippen LogP contribution in [0, 0.1) is 5.95 Å². The van der Waals surface area contributed by atoms with E-state index in [1.165, 1.54) is 19.2 Å². The van der Waals surface area contributed by atoms with Gasteiger partial charge in [-0.1, -0.05) is 6.07 Å². The van der Waals surface area contributed by atoms with Crippen molar-refractivity contribution in [2.75, 3.05) is 12.0 Å². The minimum atomic E-state index is -1.04. The molecule has 8 nitrogen and oxygen atoms in total. The highest BCUT2D eigenvalue weighted by Gasteiger charge is 2.55. The van der Waals surface area contributed by atoms with Crippen molar-refractivity contribution < 1.29 is 18.6 Å². The normalized spacial score (nSPS) is 28.7. The van der Waals surface area contributed by atoms with Gasteiger partial charge in [-0.2, -0.15) is 9.37 Å². The number of phenols is 1. The summed E-state index contributed by atoms with van der Waals surface area (Å²) in [5.41, 5.74) is 0.832. The molecular weight excluding hydrogens is 490 g/mol. The number of alkyl halides is 1. The first-order valence-corrected chi connectivity index (χ1v) is 13.1. The number of piperidine rings is 2. The lowest BCUT2D eigenvalue weighted by atomic mass is 9.68. The van der Waals surface area contributed by atoms with Crippen molar-refractivity contribution in [2.24, 2.45) is 0 Å². The highest BCUT2D eigenvalue weighted by Crippen LogP contribution is 2.46. The minimum Gasteiger partial charge on any atom is -0.507 e. The Kier molecular flexibility index (Phi) is 5.97. The number of anilines is 1. The molecule has 3 aliphatic rings. The number of pyridine rings is 1. The van der Waals surface area contributed by atoms with Crippen LogP contribution in [0.25, 0.3) is 22.5 Å². The van der Waals surface area contributed by atoms with Crippen LogP contribution < -0.4 is 15.0 Å². The van der Waals surface area contributed by atoms with Crippen molar-refractivity contribution >= 4 is 5.82 Å². The predicted molar refractivity (Wildman–Crippen MR) is 139 cm³/mol. The highest BCUT2D eigenvalue weighted by molar-refractivity contribution is 5.73. The number of hydrogen-bond acceptors (Lipinski definition) is 8. The summed E-state index contributed by atoms with van der Waals surface area (Å²) in [6, 6.07) is 7.70. The Morgan fingerprint density at radius 1 is 1.11 bits per heavy atom. The molecule has 38 heavy (non-hydrogen) atoms. The Bertz CT molecular complexity index is 1350. The lowest BCUT2D eigenvalue weighted by Crippen LogP contribution is -2.73. The van der Waals surface area contributed by atoms with E-state index in [4.69, 9.17) is 4.74 Å². The zero-order valence-corrected chi connectivity index (χ0v) is 21.8. The molecule has 1 aromatic carbocycles. The number of hydrogen-bond donors (Lipinski definition) is 2. The molecule has 2 aliphatic heterocycles. The lowest BCUT2D eigenvalue weighted by molar-refractivity contribution is 0.000258. The van der Waals surface area contributed by atoms with Crippen molar-refractivity contribution in [3.8, 4) is 34.1 Å². The average molecular weight is 523 g/mol. The molecule has 2 aromatic heterocycles. The van der Waals surface area contributed by atoms with Gasteiger partial charge in [-0.05, 0) is 75.6 Å². The summed E-state index contributed by atoms with van der Waals surface area (Å²) in [6.45, 7) is 4.20. The Labute approximate surface area is 220 Å². The van der Waals surface area contributed by atoms with Crippen molar-refractivity contribution in [2.45, 2.75) is 81.7 Å². The Balaban J connectivity index is 1.28. The number of halogens is 2. The van der Waals surface area contributed by atoms with Gasteiger partial charge in [0, 0.05) is 29.3 Å².